The van der Waals surface area contributed by atoms with Crippen LogP contribution in [-0.4, -0.2) is 28.2 Å². The summed E-state index contributed by atoms with van der Waals surface area (Å²) in [4.78, 5) is 11.2. The molecule has 0 aliphatic rings. The maximum Gasteiger partial charge on any atom is 0.330 e. The smallest absolute Gasteiger partial charge is 0.330 e. The molecule has 0 spiro atoms. The van der Waals surface area contributed by atoms with Crippen LogP contribution < -0.4 is 0 Å². The highest BCUT2D eigenvalue weighted by molar-refractivity contribution is 6.54. The summed E-state index contributed by atoms with van der Waals surface area (Å²) in [6.07, 6.45) is 2.01. The lowest BCUT2D eigenvalue weighted by molar-refractivity contribution is -0.137. The van der Waals surface area contributed by atoms with Crippen LogP contribution in [0.5, 0.6) is 0 Å². The Morgan fingerprint density at radius 2 is 1.64 bits per heavy atom. The summed E-state index contributed by atoms with van der Waals surface area (Å²) in [5.74, 6) is -0.364. The van der Waals surface area contributed by atoms with Crippen molar-refractivity contribution in [2.45, 2.75) is 24.9 Å². The van der Waals surface area contributed by atoms with Crippen LogP contribution in [0.15, 0.2) is 73.3 Å². The van der Waals surface area contributed by atoms with Crippen LogP contribution in [0, 0.1) is 0 Å². The molecule has 0 bridgehead atoms. The van der Waals surface area contributed by atoms with Crippen molar-refractivity contribution in [3.63, 3.8) is 0 Å². The van der Waals surface area contributed by atoms with Crippen LogP contribution in [0.4, 0.5) is 0 Å². The number of benzene rings is 2. The Labute approximate surface area is 152 Å². The fraction of sp³-hybridized carbons (Fsp3) is 0.286. The molecule has 3 nitrogen and oxygen atoms in total. The van der Waals surface area contributed by atoms with Gasteiger partial charge in [-0.2, -0.15) is 0 Å². The first-order valence-corrected chi connectivity index (χ1v) is 10.7. The van der Waals surface area contributed by atoms with E-state index < -0.39 is 9.04 Å². The van der Waals surface area contributed by atoms with Gasteiger partial charge in [-0.25, -0.2) is 4.79 Å². The average molecular weight is 355 g/mol. The molecule has 0 amide bonds. The highest BCUT2D eigenvalue weighted by atomic mass is 28.3. The van der Waals surface area contributed by atoms with Crippen molar-refractivity contribution >= 4 is 15.0 Å². The van der Waals surface area contributed by atoms with Gasteiger partial charge in [0.25, 0.3) is 0 Å². The molecular weight excluding hydrogens is 328 g/mol. The number of rotatable bonds is 10. The predicted octanol–water partition coefficient (Wildman–Crippen LogP) is 4.24. The largest absolute Gasteiger partial charge is 0.463 e. The quantitative estimate of drug-likeness (QED) is 0.277. The summed E-state index contributed by atoms with van der Waals surface area (Å²) < 4.78 is 11.3. The Kier molecular flexibility index (Phi) is 8.15. The van der Waals surface area contributed by atoms with E-state index in [2.05, 4.69) is 55.1 Å². The van der Waals surface area contributed by atoms with Crippen molar-refractivity contribution in [1.29, 1.82) is 0 Å². The molecule has 2 aromatic carbocycles. The normalized spacial score (nSPS) is 11.9. The molecule has 132 valence electrons. The van der Waals surface area contributed by atoms with E-state index in [0.717, 1.165) is 12.5 Å². The third-order valence-corrected chi connectivity index (χ3v) is 7.37. The van der Waals surface area contributed by atoms with Gasteiger partial charge >= 0.3 is 5.97 Å². The Morgan fingerprint density at radius 3 is 2.12 bits per heavy atom. The predicted molar refractivity (Wildman–Crippen MR) is 104 cm³/mol. The molecule has 0 radical (unpaired) electrons. The van der Waals surface area contributed by atoms with Gasteiger partial charge in [-0.15, -0.1) is 0 Å². The Hall–Kier alpha value is -2.17. The molecule has 0 N–H and O–H groups in total. The van der Waals surface area contributed by atoms with Crippen molar-refractivity contribution in [2.75, 3.05) is 13.2 Å². The second-order valence-corrected chi connectivity index (χ2v) is 8.46. The van der Waals surface area contributed by atoms with Gasteiger partial charge in [-0.05, 0) is 30.5 Å². The second kappa shape index (κ2) is 10.6. The van der Waals surface area contributed by atoms with Crippen LogP contribution >= 0.6 is 0 Å². The number of ether oxygens (including phenoxy) is 1. The summed E-state index contributed by atoms with van der Waals surface area (Å²) in [6.45, 7) is 6.59. The maximum absolute atomic E-state index is 11.2. The van der Waals surface area contributed by atoms with Gasteiger partial charge in [0.1, 0.15) is 0 Å². The first kappa shape index (κ1) is 19.2. The Bertz CT molecular complexity index is 603. The molecule has 1 atom stereocenters. The fourth-order valence-electron chi connectivity index (χ4n) is 3.02. The number of carbonyl (C=O) groups excluding carboxylic acids is 1. The zero-order valence-corrected chi connectivity index (χ0v) is 15.9. The summed E-state index contributed by atoms with van der Waals surface area (Å²) in [5, 5.41) is 0. The molecule has 2 aromatic rings. The zero-order chi connectivity index (χ0) is 17.9. The number of carbonyl (C=O) groups is 1. The standard InChI is InChI=1S/C21H26O3Si/c1-3-20(22)23-16-11-17-25(24-4-2)21(18-12-7-5-8-13-18)19-14-9-6-10-15-19/h3,5-10,12-15,21,25H,1,4,11,16-17H2,2H3. The highest BCUT2D eigenvalue weighted by Crippen LogP contribution is 2.30. The van der Waals surface area contributed by atoms with E-state index in [1.807, 2.05) is 19.1 Å². The second-order valence-electron chi connectivity index (χ2n) is 5.81. The number of hydrogen-bond acceptors (Lipinski definition) is 3. The van der Waals surface area contributed by atoms with E-state index in [9.17, 15) is 4.79 Å². The first-order chi connectivity index (χ1) is 12.3. The molecule has 0 fully saturated rings. The molecule has 1 unspecified atom stereocenters. The average Bonchev–Trinajstić information content (AvgIpc) is 2.67. The third-order valence-electron chi connectivity index (χ3n) is 4.11. The topological polar surface area (TPSA) is 35.5 Å². The molecule has 0 aliphatic carbocycles. The van der Waals surface area contributed by atoms with E-state index in [1.54, 1.807) is 0 Å². The van der Waals surface area contributed by atoms with Crippen LogP contribution in [-0.2, 0) is 14.0 Å². The first-order valence-electron chi connectivity index (χ1n) is 8.77. The van der Waals surface area contributed by atoms with Gasteiger partial charge in [0, 0.05) is 18.2 Å². The van der Waals surface area contributed by atoms with E-state index in [1.165, 1.54) is 17.2 Å². The van der Waals surface area contributed by atoms with Gasteiger partial charge in [0.05, 0.1) is 6.61 Å². The van der Waals surface area contributed by atoms with E-state index in [0.29, 0.717) is 13.2 Å². The van der Waals surface area contributed by atoms with Crippen molar-refractivity contribution in [2.24, 2.45) is 0 Å². The Balaban J connectivity index is 2.16. The molecule has 2 rings (SSSR count). The monoisotopic (exact) mass is 354 g/mol. The molecule has 25 heavy (non-hydrogen) atoms. The number of hydrogen-bond donors (Lipinski definition) is 0. The summed E-state index contributed by atoms with van der Waals surface area (Å²) in [6, 6.07) is 22.0. The van der Waals surface area contributed by atoms with Crippen molar-refractivity contribution < 1.29 is 14.0 Å². The Morgan fingerprint density at radius 1 is 1.08 bits per heavy atom. The van der Waals surface area contributed by atoms with Gasteiger partial charge in [0.15, 0.2) is 9.04 Å². The lowest BCUT2D eigenvalue weighted by atomic mass is 10.0. The minimum absolute atomic E-state index is 0.289. The van der Waals surface area contributed by atoms with Crippen LogP contribution in [0.2, 0.25) is 6.04 Å². The summed E-state index contributed by atoms with van der Waals surface area (Å²) in [5.41, 5.74) is 2.88. The molecule has 0 saturated carbocycles. The van der Waals surface area contributed by atoms with Crippen molar-refractivity contribution in [3.8, 4) is 0 Å². The van der Waals surface area contributed by atoms with E-state index in [-0.39, 0.29) is 11.5 Å². The summed E-state index contributed by atoms with van der Waals surface area (Å²) >= 11 is 0. The van der Waals surface area contributed by atoms with Gasteiger partial charge < -0.3 is 9.16 Å². The van der Waals surface area contributed by atoms with Gasteiger partial charge in [0.2, 0.25) is 0 Å². The molecule has 0 saturated heterocycles. The lowest BCUT2D eigenvalue weighted by Gasteiger charge is -2.26. The van der Waals surface area contributed by atoms with Crippen LogP contribution in [0.3, 0.4) is 0 Å². The van der Waals surface area contributed by atoms with Crippen molar-refractivity contribution in [3.05, 3.63) is 84.4 Å². The fourth-order valence-corrected chi connectivity index (χ4v) is 6.01. The lowest BCUT2D eigenvalue weighted by Crippen LogP contribution is -2.29. The van der Waals surface area contributed by atoms with Crippen LogP contribution in [0.25, 0.3) is 0 Å². The molecule has 0 aliphatic heterocycles. The molecule has 0 heterocycles. The minimum Gasteiger partial charge on any atom is -0.463 e. The minimum atomic E-state index is -1.59. The van der Waals surface area contributed by atoms with Crippen molar-refractivity contribution in [1.82, 2.24) is 0 Å². The third kappa shape index (κ3) is 6.00. The van der Waals surface area contributed by atoms with Gasteiger partial charge in [-0.1, -0.05) is 67.2 Å². The van der Waals surface area contributed by atoms with Gasteiger partial charge in [-0.3, -0.25) is 0 Å². The highest BCUT2D eigenvalue weighted by Gasteiger charge is 2.27. The molecular formula is C21H26O3Si. The van der Waals surface area contributed by atoms with E-state index in [4.69, 9.17) is 9.16 Å². The summed E-state index contributed by atoms with van der Waals surface area (Å²) in [7, 11) is -1.59. The van der Waals surface area contributed by atoms with Crippen LogP contribution in [0.1, 0.15) is 30.0 Å². The number of esters is 1. The molecule has 0 aromatic heterocycles. The maximum atomic E-state index is 11.2. The zero-order valence-electron chi connectivity index (χ0n) is 14.8. The SMILES string of the molecule is C=CC(=O)OCCC[SiH](OCC)C(c1ccccc1)c1ccccc1. The van der Waals surface area contributed by atoms with E-state index >= 15 is 0 Å². The molecule has 4 heteroatoms.